The van der Waals surface area contributed by atoms with E-state index < -0.39 is 17.8 Å². The number of methoxy groups -OCH3 is 1. The summed E-state index contributed by atoms with van der Waals surface area (Å²) in [6.07, 6.45) is 0.514. The van der Waals surface area contributed by atoms with Crippen molar-refractivity contribution in [2.24, 2.45) is 0 Å². The molecular formula is C12H13FN2O2. The van der Waals surface area contributed by atoms with Crippen LogP contribution < -0.4 is 10.1 Å². The molecule has 1 unspecified atom stereocenters. The molecule has 90 valence electrons. The zero-order valence-electron chi connectivity index (χ0n) is 9.66. The van der Waals surface area contributed by atoms with E-state index in [1.54, 1.807) is 6.92 Å². The van der Waals surface area contributed by atoms with Crippen molar-refractivity contribution in [1.82, 2.24) is 5.32 Å². The lowest BCUT2D eigenvalue weighted by atomic mass is 10.1. The number of amides is 1. The summed E-state index contributed by atoms with van der Waals surface area (Å²) < 4.78 is 17.9. The molecule has 17 heavy (non-hydrogen) atoms. The summed E-state index contributed by atoms with van der Waals surface area (Å²) in [5, 5.41) is 11.2. The Morgan fingerprint density at radius 2 is 2.35 bits per heavy atom. The second kappa shape index (κ2) is 5.85. The second-order valence-electron chi connectivity index (χ2n) is 3.41. The van der Waals surface area contributed by atoms with Crippen LogP contribution in [0, 0.1) is 17.1 Å². The predicted molar refractivity (Wildman–Crippen MR) is 60.1 cm³/mol. The third-order valence-corrected chi connectivity index (χ3v) is 2.28. The molecule has 1 aromatic carbocycles. The van der Waals surface area contributed by atoms with Gasteiger partial charge in [-0.2, -0.15) is 5.26 Å². The first-order chi connectivity index (χ1) is 8.12. The van der Waals surface area contributed by atoms with Crippen LogP contribution in [0.15, 0.2) is 18.2 Å². The fourth-order valence-corrected chi connectivity index (χ4v) is 1.27. The fraction of sp³-hybridized carbons (Fsp3) is 0.333. The zero-order valence-corrected chi connectivity index (χ0v) is 9.66. The summed E-state index contributed by atoms with van der Waals surface area (Å²) in [5.41, 5.74) is 0.261. The van der Waals surface area contributed by atoms with Crippen molar-refractivity contribution in [3.63, 3.8) is 0 Å². The SMILES string of the molecule is CCC(C#N)NC(=O)c1ccc(F)c(OC)c1. The molecule has 0 fully saturated rings. The quantitative estimate of drug-likeness (QED) is 0.868. The Morgan fingerprint density at radius 1 is 1.65 bits per heavy atom. The smallest absolute Gasteiger partial charge is 0.252 e. The maximum absolute atomic E-state index is 13.1. The van der Waals surface area contributed by atoms with Crippen molar-refractivity contribution in [2.75, 3.05) is 7.11 Å². The van der Waals surface area contributed by atoms with E-state index in [0.717, 1.165) is 6.07 Å². The van der Waals surface area contributed by atoms with E-state index in [1.165, 1.54) is 19.2 Å². The van der Waals surface area contributed by atoms with Gasteiger partial charge in [0.05, 0.1) is 13.2 Å². The number of carbonyl (C=O) groups is 1. The summed E-state index contributed by atoms with van der Waals surface area (Å²) in [4.78, 5) is 11.7. The first-order valence-corrected chi connectivity index (χ1v) is 5.16. The second-order valence-corrected chi connectivity index (χ2v) is 3.41. The van der Waals surface area contributed by atoms with E-state index in [9.17, 15) is 9.18 Å². The minimum atomic E-state index is -0.543. The lowest BCUT2D eigenvalue weighted by molar-refractivity contribution is 0.0944. The molecule has 0 aliphatic heterocycles. The summed E-state index contributed by atoms with van der Waals surface area (Å²) >= 11 is 0. The topological polar surface area (TPSA) is 62.1 Å². The standard InChI is InChI=1S/C12H13FN2O2/c1-3-9(7-14)15-12(16)8-4-5-10(13)11(6-8)17-2/h4-6,9H,3H2,1-2H3,(H,15,16). The highest BCUT2D eigenvalue weighted by molar-refractivity contribution is 5.94. The molecule has 1 N–H and O–H groups in total. The number of hydrogen-bond acceptors (Lipinski definition) is 3. The fourth-order valence-electron chi connectivity index (χ4n) is 1.27. The average molecular weight is 236 g/mol. The highest BCUT2D eigenvalue weighted by atomic mass is 19.1. The van der Waals surface area contributed by atoms with Gasteiger partial charge >= 0.3 is 0 Å². The zero-order chi connectivity index (χ0) is 12.8. The number of halogens is 1. The number of rotatable bonds is 4. The Bertz CT molecular complexity index is 454. The van der Waals surface area contributed by atoms with Crippen LogP contribution in [-0.4, -0.2) is 19.1 Å². The molecule has 0 aromatic heterocycles. The van der Waals surface area contributed by atoms with Gasteiger partial charge in [-0.15, -0.1) is 0 Å². The molecule has 0 saturated carbocycles. The normalized spacial score (nSPS) is 11.4. The summed E-state index contributed by atoms with van der Waals surface area (Å²) in [6, 6.07) is 5.21. The molecule has 0 aliphatic carbocycles. The van der Waals surface area contributed by atoms with Crippen LogP contribution in [-0.2, 0) is 0 Å². The van der Waals surface area contributed by atoms with Gasteiger partial charge in [0.2, 0.25) is 0 Å². The molecule has 1 amide bonds. The molecule has 0 aliphatic rings. The Balaban J connectivity index is 2.86. The number of nitriles is 1. The Hall–Kier alpha value is -2.09. The molecule has 1 aromatic rings. The molecule has 5 heteroatoms. The Morgan fingerprint density at radius 3 is 2.88 bits per heavy atom. The lowest BCUT2D eigenvalue weighted by Gasteiger charge is -2.10. The van der Waals surface area contributed by atoms with Crippen molar-refractivity contribution in [3.05, 3.63) is 29.6 Å². The number of hydrogen-bond donors (Lipinski definition) is 1. The molecule has 0 spiro atoms. The lowest BCUT2D eigenvalue weighted by Crippen LogP contribution is -2.33. The van der Waals surface area contributed by atoms with Gasteiger partial charge in [0, 0.05) is 5.56 Å². The van der Waals surface area contributed by atoms with E-state index in [4.69, 9.17) is 10.00 Å². The minimum absolute atomic E-state index is 0.00246. The summed E-state index contributed by atoms with van der Waals surface area (Å²) in [7, 11) is 1.32. The van der Waals surface area contributed by atoms with Crippen LogP contribution in [0.4, 0.5) is 4.39 Å². The van der Waals surface area contributed by atoms with Crippen molar-refractivity contribution in [2.45, 2.75) is 19.4 Å². The van der Waals surface area contributed by atoms with Crippen LogP contribution in [0.2, 0.25) is 0 Å². The van der Waals surface area contributed by atoms with Crippen LogP contribution in [0.5, 0.6) is 5.75 Å². The number of benzene rings is 1. The number of nitrogens with one attached hydrogen (secondary N) is 1. The van der Waals surface area contributed by atoms with Gasteiger partial charge in [-0.05, 0) is 24.6 Å². The highest BCUT2D eigenvalue weighted by Crippen LogP contribution is 2.18. The van der Waals surface area contributed by atoms with Crippen LogP contribution in [0.1, 0.15) is 23.7 Å². The molecule has 1 rings (SSSR count). The van der Waals surface area contributed by atoms with Crippen LogP contribution in [0.3, 0.4) is 0 Å². The van der Waals surface area contributed by atoms with Crippen molar-refractivity contribution >= 4 is 5.91 Å². The number of nitrogens with zero attached hydrogens (tertiary/aromatic N) is 1. The maximum Gasteiger partial charge on any atom is 0.252 e. The predicted octanol–water partition coefficient (Wildman–Crippen LogP) is 1.87. The van der Waals surface area contributed by atoms with Crippen LogP contribution >= 0.6 is 0 Å². The van der Waals surface area contributed by atoms with E-state index in [0.29, 0.717) is 6.42 Å². The first-order valence-electron chi connectivity index (χ1n) is 5.16. The van der Waals surface area contributed by atoms with Crippen molar-refractivity contribution in [1.29, 1.82) is 5.26 Å². The maximum atomic E-state index is 13.1. The molecule has 4 nitrogen and oxygen atoms in total. The van der Waals surface area contributed by atoms with E-state index in [1.807, 2.05) is 6.07 Å². The third-order valence-electron chi connectivity index (χ3n) is 2.28. The molecule has 1 atom stereocenters. The summed E-state index contributed by atoms with van der Waals surface area (Å²) in [6.45, 7) is 1.79. The molecule has 0 heterocycles. The van der Waals surface area contributed by atoms with Gasteiger partial charge < -0.3 is 10.1 Å². The molecule has 0 radical (unpaired) electrons. The Kier molecular flexibility index (Phi) is 4.46. The molecule has 0 bridgehead atoms. The first kappa shape index (κ1) is 13.0. The van der Waals surface area contributed by atoms with Gasteiger partial charge in [-0.1, -0.05) is 6.92 Å². The monoisotopic (exact) mass is 236 g/mol. The Labute approximate surface area is 99.0 Å². The minimum Gasteiger partial charge on any atom is -0.494 e. The highest BCUT2D eigenvalue weighted by Gasteiger charge is 2.13. The van der Waals surface area contributed by atoms with Crippen molar-refractivity contribution < 1.29 is 13.9 Å². The van der Waals surface area contributed by atoms with Gasteiger partial charge in [0.1, 0.15) is 6.04 Å². The largest absolute Gasteiger partial charge is 0.494 e. The number of ether oxygens (including phenoxy) is 1. The summed E-state index contributed by atoms with van der Waals surface area (Å²) in [5.74, 6) is -0.948. The van der Waals surface area contributed by atoms with E-state index in [2.05, 4.69) is 5.32 Å². The van der Waals surface area contributed by atoms with Gasteiger partial charge in [-0.3, -0.25) is 4.79 Å². The van der Waals surface area contributed by atoms with Gasteiger partial charge in [0.25, 0.3) is 5.91 Å². The average Bonchev–Trinajstić information content (AvgIpc) is 2.36. The van der Waals surface area contributed by atoms with Crippen molar-refractivity contribution in [3.8, 4) is 11.8 Å². The van der Waals surface area contributed by atoms with Gasteiger partial charge in [-0.25, -0.2) is 4.39 Å². The third kappa shape index (κ3) is 3.18. The van der Waals surface area contributed by atoms with Crippen LogP contribution in [0.25, 0.3) is 0 Å². The molecular weight excluding hydrogens is 223 g/mol. The number of carbonyl (C=O) groups excluding carboxylic acids is 1. The van der Waals surface area contributed by atoms with E-state index >= 15 is 0 Å². The molecule has 0 saturated heterocycles. The van der Waals surface area contributed by atoms with Gasteiger partial charge in [0.15, 0.2) is 11.6 Å². The van der Waals surface area contributed by atoms with E-state index in [-0.39, 0.29) is 11.3 Å².